The summed E-state index contributed by atoms with van der Waals surface area (Å²) in [5, 5.41) is 11.3. The van der Waals surface area contributed by atoms with Crippen LogP contribution in [-0.2, 0) is 21.4 Å². The van der Waals surface area contributed by atoms with Gasteiger partial charge in [-0.1, -0.05) is 45.0 Å². The molecule has 1 N–H and O–H groups in total. The molecule has 2 aromatic rings. The van der Waals surface area contributed by atoms with Crippen molar-refractivity contribution in [3.63, 3.8) is 0 Å². The van der Waals surface area contributed by atoms with Crippen LogP contribution in [0.2, 0.25) is 0 Å². The first-order valence-corrected chi connectivity index (χ1v) is 11.8. The van der Waals surface area contributed by atoms with Crippen molar-refractivity contribution in [3.05, 3.63) is 70.3 Å². The highest BCUT2D eigenvalue weighted by Crippen LogP contribution is 2.41. The molecule has 0 bridgehead atoms. The minimum absolute atomic E-state index is 0.0190. The fourth-order valence-corrected chi connectivity index (χ4v) is 4.66. The molecule has 0 aliphatic carbocycles. The number of hydrogen-bond acceptors (Lipinski definition) is 5. The number of likely N-dealkylation sites (tertiary alicyclic amines) is 1. The van der Waals surface area contributed by atoms with Crippen molar-refractivity contribution in [1.29, 1.82) is 0 Å². The highest BCUT2D eigenvalue weighted by atomic mass is 16.5. The number of fused-ring (bicyclic) bond motifs is 1. The van der Waals surface area contributed by atoms with Gasteiger partial charge < -0.3 is 19.6 Å². The van der Waals surface area contributed by atoms with Gasteiger partial charge in [-0.15, -0.1) is 0 Å². The molecule has 1 amide bonds. The Kier molecular flexibility index (Phi) is 6.30. The molecule has 2 aliphatic heterocycles. The maximum Gasteiger partial charge on any atom is 0.295 e. The molecule has 2 atom stereocenters. The highest BCUT2D eigenvalue weighted by Gasteiger charge is 2.46. The summed E-state index contributed by atoms with van der Waals surface area (Å²) in [6.07, 6.45) is 0.816. The Bertz CT molecular complexity index is 1140. The molecule has 2 aliphatic rings. The topological polar surface area (TPSA) is 70.1 Å². The monoisotopic (exact) mass is 462 g/mol. The number of Topliss-reactive ketones (excluding diaryl/α,β-unsaturated/α-hetero) is 1. The van der Waals surface area contributed by atoms with Crippen LogP contribution in [0.15, 0.2) is 48.0 Å². The number of amides is 1. The summed E-state index contributed by atoms with van der Waals surface area (Å²) in [5.41, 5.74) is 3.61. The summed E-state index contributed by atoms with van der Waals surface area (Å²) in [7, 11) is 3.86. The van der Waals surface area contributed by atoms with Gasteiger partial charge in [-0.05, 0) is 61.3 Å². The maximum absolute atomic E-state index is 13.2. The van der Waals surface area contributed by atoms with Crippen molar-refractivity contribution in [2.75, 3.05) is 27.2 Å². The van der Waals surface area contributed by atoms with E-state index in [0.29, 0.717) is 18.7 Å². The normalized spacial score (nSPS) is 21.8. The second-order valence-corrected chi connectivity index (χ2v) is 10.6. The van der Waals surface area contributed by atoms with Crippen molar-refractivity contribution in [3.8, 4) is 5.75 Å². The Morgan fingerprint density at radius 2 is 1.79 bits per heavy atom. The molecular weight excluding hydrogens is 428 g/mol. The number of nitrogens with zero attached hydrogens (tertiary/aromatic N) is 2. The fraction of sp³-hybridized carbons (Fsp3) is 0.429. The second-order valence-electron chi connectivity index (χ2n) is 10.6. The Labute approximate surface area is 201 Å². The van der Waals surface area contributed by atoms with Crippen LogP contribution in [0.5, 0.6) is 5.75 Å². The average Bonchev–Trinajstić information content (AvgIpc) is 3.27. The largest absolute Gasteiger partial charge is 0.507 e. The first-order valence-electron chi connectivity index (χ1n) is 11.8. The van der Waals surface area contributed by atoms with Crippen molar-refractivity contribution >= 4 is 17.4 Å². The van der Waals surface area contributed by atoms with Crippen molar-refractivity contribution in [1.82, 2.24) is 9.80 Å². The Hall–Kier alpha value is -3.12. The van der Waals surface area contributed by atoms with E-state index in [2.05, 4.69) is 20.8 Å². The summed E-state index contributed by atoms with van der Waals surface area (Å²) in [6.45, 7) is 9.42. The lowest BCUT2D eigenvalue weighted by Gasteiger charge is -2.27. The van der Waals surface area contributed by atoms with Crippen LogP contribution >= 0.6 is 0 Å². The molecule has 180 valence electrons. The Morgan fingerprint density at radius 1 is 1.12 bits per heavy atom. The smallest absolute Gasteiger partial charge is 0.295 e. The summed E-state index contributed by atoms with van der Waals surface area (Å²) in [6, 6.07) is 12.8. The summed E-state index contributed by atoms with van der Waals surface area (Å²) in [4.78, 5) is 29.9. The number of ketones is 1. The first-order chi connectivity index (χ1) is 16.0. The van der Waals surface area contributed by atoms with Gasteiger partial charge in [0.15, 0.2) is 0 Å². The SMILES string of the molecule is CC1Cc2cc(/C(O)=C3/C(=O)C(=O)N(CCN(C)C)C3c3ccc(C(C)(C)C)cc3)ccc2O1. The van der Waals surface area contributed by atoms with Crippen LogP contribution < -0.4 is 4.74 Å². The number of hydrogen-bond donors (Lipinski definition) is 1. The number of ether oxygens (including phenoxy) is 1. The van der Waals surface area contributed by atoms with Gasteiger partial charge in [-0.2, -0.15) is 0 Å². The molecule has 0 aromatic heterocycles. The lowest BCUT2D eigenvalue weighted by Crippen LogP contribution is -2.35. The van der Waals surface area contributed by atoms with E-state index < -0.39 is 17.7 Å². The molecule has 2 heterocycles. The van der Waals surface area contributed by atoms with Gasteiger partial charge in [0.2, 0.25) is 0 Å². The summed E-state index contributed by atoms with van der Waals surface area (Å²) < 4.78 is 5.77. The number of benzene rings is 2. The zero-order valence-corrected chi connectivity index (χ0v) is 20.9. The lowest BCUT2D eigenvalue weighted by molar-refractivity contribution is -0.140. The molecule has 1 saturated heterocycles. The molecule has 34 heavy (non-hydrogen) atoms. The summed E-state index contributed by atoms with van der Waals surface area (Å²) in [5.74, 6) is -0.569. The van der Waals surface area contributed by atoms with Crippen molar-refractivity contribution < 1.29 is 19.4 Å². The predicted molar refractivity (Wildman–Crippen MR) is 133 cm³/mol. The van der Waals surface area contributed by atoms with E-state index in [4.69, 9.17) is 4.74 Å². The zero-order chi connectivity index (χ0) is 24.8. The maximum atomic E-state index is 13.2. The first kappa shape index (κ1) is 24.0. The number of carbonyl (C=O) groups excluding carboxylic acids is 2. The fourth-order valence-electron chi connectivity index (χ4n) is 4.66. The van der Waals surface area contributed by atoms with Gasteiger partial charge >= 0.3 is 0 Å². The van der Waals surface area contributed by atoms with Crippen LogP contribution in [0.3, 0.4) is 0 Å². The third kappa shape index (κ3) is 4.47. The third-order valence-corrected chi connectivity index (χ3v) is 6.59. The Balaban J connectivity index is 1.81. The van der Waals surface area contributed by atoms with Crippen LogP contribution in [0.1, 0.15) is 56.0 Å². The second kappa shape index (κ2) is 8.91. The van der Waals surface area contributed by atoms with Crippen LogP contribution in [0.4, 0.5) is 0 Å². The average molecular weight is 463 g/mol. The summed E-state index contributed by atoms with van der Waals surface area (Å²) >= 11 is 0. The lowest BCUT2D eigenvalue weighted by atomic mass is 9.85. The van der Waals surface area contributed by atoms with Crippen molar-refractivity contribution in [2.45, 2.75) is 51.7 Å². The van der Waals surface area contributed by atoms with Gasteiger partial charge in [-0.25, -0.2) is 0 Å². The third-order valence-electron chi connectivity index (χ3n) is 6.59. The van der Waals surface area contributed by atoms with E-state index in [9.17, 15) is 14.7 Å². The highest BCUT2D eigenvalue weighted by molar-refractivity contribution is 6.46. The van der Waals surface area contributed by atoms with Crippen molar-refractivity contribution in [2.24, 2.45) is 0 Å². The molecule has 0 radical (unpaired) electrons. The van der Waals surface area contributed by atoms with Crippen LogP contribution in [0.25, 0.3) is 5.76 Å². The van der Waals surface area contributed by atoms with E-state index in [1.54, 1.807) is 11.0 Å². The van der Waals surface area contributed by atoms with Crippen LogP contribution in [-0.4, -0.2) is 59.9 Å². The number of likely N-dealkylation sites (N-methyl/N-ethyl adjacent to an activating group) is 1. The van der Waals surface area contributed by atoms with E-state index in [-0.39, 0.29) is 22.9 Å². The van der Waals surface area contributed by atoms with E-state index in [1.165, 1.54) is 0 Å². The van der Waals surface area contributed by atoms with E-state index in [1.807, 2.05) is 62.3 Å². The molecule has 0 spiro atoms. The zero-order valence-electron chi connectivity index (χ0n) is 20.9. The van der Waals surface area contributed by atoms with Gasteiger partial charge in [0.25, 0.3) is 11.7 Å². The molecule has 0 saturated carbocycles. The number of rotatable bonds is 5. The van der Waals surface area contributed by atoms with E-state index in [0.717, 1.165) is 28.9 Å². The quantitative estimate of drug-likeness (QED) is 0.408. The van der Waals surface area contributed by atoms with Gasteiger partial charge in [0, 0.05) is 25.1 Å². The minimum Gasteiger partial charge on any atom is -0.507 e. The van der Waals surface area contributed by atoms with Gasteiger partial charge in [0.1, 0.15) is 17.6 Å². The molecular formula is C28H34N2O4. The molecule has 6 nitrogen and oxygen atoms in total. The van der Waals surface area contributed by atoms with Gasteiger partial charge in [0.05, 0.1) is 11.6 Å². The molecule has 1 fully saturated rings. The number of carbonyl (C=O) groups is 2. The molecule has 2 aromatic carbocycles. The standard InChI is InChI=1S/C28H34N2O4/c1-17-15-20-16-19(9-12-22(20)34-17)25(31)23-24(18-7-10-21(11-8-18)28(2,3)4)30(14-13-29(5)6)27(33)26(23)32/h7-12,16-17,24,31H,13-15H2,1-6H3/b25-23-. The van der Waals surface area contributed by atoms with Crippen LogP contribution in [0, 0.1) is 0 Å². The number of aliphatic hydroxyl groups is 1. The van der Waals surface area contributed by atoms with E-state index >= 15 is 0 Å². The predicted octanol–water partition coefficient (Wildman–Crippen LogP) is 4.29. The minimum atomic E-state index is -0.647. The molecule has 4 rings (SSSR count). The number of aliphatic hydroxyl groups excluding tert-OH is 1. The van der Waals surface area contributed by atoms with Gasteiger partial charge in [-0.3, -0.25) is 9.59 Å². The molecule has 2 unspecified atom stereocenters. The molecule has 6 heteroatoms. The Morgan fingerprint density at radius 3 is 2.41 bits per heavy atom.